The van der Waals surface area contributed by atoms with Gasteiger partial charge in [0.2, 0.25) is 0 Å². The molecule has 0 fully saturated rings. The van der Waals surface area contributed by atoms with Crippen LogP contribution in [0.4, 0.5) is 10.5 Å². The predicted octanol–water partition coefficient (Wildman–Crippen LogP) is 5.63. The lowest BCUT2D eigenvalue weighted by atomic mass is 9.99. The maximum Gasteiger partial charge on any atom is 0.410 e. The topological polar surface area (TPSA) is 76.5 Å². The number of carbonyl (C=O) groups excluding carboxylic acids is 2. The Balaban J connectivity index is 1.24. The van der Waals surface area contributed by atoms with E-state index in [1.807, 2.05) is 57.2 Å². The molecule has 1 aliphatic rings. The highest BCUT2D eigenvalue weighted by Gasteiger charge is 2.26. The Morgan fingerprint density at radius 3 is 2.67 bits per heavy atom. The number of aromatic nitrogens is 2. The Morgan fingerprint density at radius 1 is 1.03 bits per heavy atom. The molecule has 5 rings (SSSR count). The van der Waals surface area contributed by atoms with Crippen molar-refractivity contribution in [3.05, 3.63) is 95.3 Å². The van der Waals surface area contributed by atoms with E-state index in [0.29, 0.717) is 31.6 Å². The number of hydrogen-bond donors (Lipinski definition) is 1. The average molecular weight is 483 g/mol. The number of amides is 2. The summed E-state index contributed by atoms with van der Waals surface area (Å²) in [6.45, 7) is 7.27. The molecule has 0 saturated heterocycles. The van der Waals surface area contributed by atoms with Gasteiger partial charge in [0.1, 0.15) is 5.60 Å². The first-order valence-corrected chi connectivity index (χ1v) is 12.2. The van der Waals surface area contributed by atoms with Crippen LogP contribution in [0.3, 0.4) is 0 Å². The third-order valence-corrected chi connectivity index (χ3v) is 6.24. The first kappa shape index (κ1) is 23.6. The van der Waals surface area contributed by atoms with E-state index in [-0.39, 0.29) is 12.0 Å². The Labute approximate surface area is 210 Å². The zero-order valence-corrected chi connectivity index (χ0v) is 20.8. The van der Waals surface area contributed by atoms with E-state index in [0.717, 1.165) is 22.4 Å². The van der Waals surface area contributed by atoms with E-state index in [1.165, 1.54) is 10.8 Å². The molecular formula is C29H30N4O3. The zero-order valence-electron chi connectivity index (χ0n) is 20.8. The van der Waals surface area contributed by atoms with Gasteiger partial charge >= 0.3 is 6.09 Å². The lowest BCUT2D eigenvalue weighted by Crippen LogP contribution is -2.39. The lowest BCUT2D eigenvalue weighted by Gasteiger charge is -2.31. The van der Waals surface area contributed by atoms with Gasteiger partial charge in [-0.25, -0.2) is 4.79 Å². The number of anilines is 1. The van der Waals surface area contributed by atoms with Crippen LogP contribution in [0.1, 0.15) is 47.8 Å². The molecular weight excluding hydrogens is 452 g/mol. The van der Waals surface area contributed by atoms with Crippen molar-refractivity contribution in [3.8, 4) is 0 Å². The minimum absolute atomic E-state index is 0.203. The van der Waals surface area contributed by atoms with Gasteiger partial charge in [0.25, 0.3) is 5.91 Å². The van der Waals surface area contributed by atoms with Gasteiger partial charge in [0, 0.05) is 25.0 Å². The Bertz CT molecular complexity index is 1430. The van der Waals surface area contributed by atoms with Crippen LogP contribution >= 0.6 is 0 Å². The third-order valence-electron chi connectivity index (χ3n) is 6.24. The Kier molecular flexibility index (Phi) is 6.22. The molecule has 0 bridgehead atoms. The molecule has 7 heteroatoms. The van der Waals surface area contributed by atoms with Crippen molar-refractivity contribution in [3.63, 3.8) is 0 Å². The summed E-state index contributed by atoms with van der Waals surface area (Å²) < 4.78 is 7.29. The summed E-state index contributed by atoms with van der Waals surface area (Å²) in [4.78, 5) is 27.0. The van der Waals surface area contributed by atoms with Crippen molar-refractivity contribution in [2.24, 2.45) is 0 Å². The van der Waals surface area contributed by atoms with Crippen molar-refractivity contribution in [2.75, 3.05) is 11.9 Å². The van der Waals surface area contributed by atoms with Crippen LogP contribution in [0.2, 0.25) is 0 Å². The van der Waals surface area contributed by atoms with E-state index in [2.05, 4.69) is 34.7 Å². The number of hydrogen-bond acceptors (Lipinski definition) is 4. The number of nitrogens with one attached hydrogen (secondary N) is 1. The van der Waals surface area contributed by atoms with E-state index in [9.17, 15) is 9.59 Å². The van der Waals surface area contributed by atoms with Gasteiger partial charge in [0.05, 0.1) is 18.3 Å². The molecule has 0 unspecified atom stereocenters. The summed E-state index contributed by atoms with van der Waals surface area (Å²) in [5.41, 5.74) is 4.05. The van der Waals surface area contributed by atoms with Gasteiger partial charge in [-0.05, 0) is 66.8 Å². The number of ether oxygens (including phenoxy) is 1. The van der Waals surface area contributed by atoms with E-state index in [4.69, 9.17) is 4.74 Å². The van der Waals surface area contributed by atoms with Crippen molar-refractivity contribution in [1.82, 2.24) is 14.7 Å². The molecule has 0 saturated carbocycles. The molecule has 0 spiro atoms. The first-order valence-electron chi connectivity index (χ1n) is 12.2. The maximum atomic E-state index is 12.9. The minimum atomic E-state index is -0.520. The summed E-state index contributed by atoms with van der Waals surface area (Å²) in [6.07, 6.45) is 3.78. The Hall–Kier alpha value is -4.13. The average Bonchev–Trinajstić information content (AvgIpc) is 3.32. The quantitative estimate of drug-likeness (QED) is 0.409. The van der Waals surface area contributed by atoms with Gasteiger partial charge in [-0.15, -0.1) is 0 Å². The van der Waals surface area contributed by atoms with Crippen LogP contribution in [-0.2, 0) is 24.2 Å². The summed E-state index contributed by atoms with van der Waals surface area (Å²) >= 11 is 0. The van der Waals surface area contributed by atoms with Gasteiger partial charge in [-0.1, -0.05) is 48.5 Å². The third kappa shape index (κ3) is 5.25. The normalized spacial score (nSPS) is 13.4. The van der Waals surface area contributed by atoms with Crippen molar-refractivity contribution >= 4 is 28.5 Å². The highest BCUT2D eigenvalue weighted by Crippen LogP contribution is 2.25. The molecule has 1 N–H and O–H groups in total. The van der Waals surface area contributed by atoms with E-state index >= 15 is 0 Å². The molecule has 2 heterocycles. The minimum Gasteiger partial charge on any atom is -0.444 e. The van der Waals surface area contributed by atoms with Crippen molar-refractivity contribution in [2.45, 2.75) is 45.9 Å². The number of carbonyl (C=O) groups is 2. The summed E-state index contributed by atoms with van der Waals surface area (Å²) in [7, 11) is 0. The van der Waals surface area contributed by atoms with Gasteiger partial charge in [-0.3, -0.25) is 9.48 Å². The summed E-state index contributed by atoms with van der Waals surface area (Å²) in [5, 5.41) is 9.75. The summed E-state index contributed by atoms with van der Waals surface area (Å²) in [6, 6.07) is 20.3. The molecule has 3 aromatic carbocycles. The second kappa shape index (κ2) is 9.49. The van der Waals surface area contributed by atoms with Crippen LogP contribution in [0.15, 0.2) is 73.1 Å². The highest BCUT2D eigenvalue weighted by atomic mass is 16.6. The fourth-order valence-electron chi connectivity index (χ4n) is 4.49. The van der Waals surface area contributed by atoms with E-state index in [1.54, 1.807) is 22.0 Å². The molecule has 0 atom stereocenters. The number of fused-ring (bicyclic) bond motifs is 2. The van der Waals surface area contributed by atoms with Crippen LogP contribution in [0.25, 0.3) is 10.8 Å². The fraction of sp³-hybridized carbons (Fsp3) is 0.276. The number of nitrogens with zero attached hydrogens (tertiary/aromatic N) is 3. The maximum absolute atomic E-state index is 12.9. The van der Waals surface area contributed by atoms with Gasteiger partial charge in [0.15, 0.2) is 0 Å². The molecule has 0 aliphatic carbocycles. The molecule has 7 nitrogen and oxygen atoms in total. The molecule has 4 aromatic rings. The van der Waals surface area contributed by atoms with Crippen LogP contribution in [0.5, 0.6) is 0 Å². The van der Waals surface area contributed by atoms with E-state index < -0.39 is 5.60 Å². The zero-order chi connectivity index (χ0) is 25.3. The molecule has 1 aromatic heterocycles. The standard InChI is InChI=1S/C29H30N4O3/c1-29(2,3)36-28(35)32-14-13-21-15-25(12-11-22(21)17-32)31-27(34)24-16-30-33(19-24)18-23-9-6-8-20-7-4-5-10-26(20)23/h4-12,15-16,19H,13-14,17-18H2,1-3H3,(H,31,34). The second-order valence-corrected chi connectivity index (χ2v) is 10.2. The smallest absolute Gasteiger partial charge is 0.410 e. The molecule has 1 aliphatic heterocycles. The SMILES string of the molecule is CC(C)(C)OC(=O)N1CCc2cc(NC(=O)c3cnn(Cc4cccc5ccccc45)c3)ccc2C1. The molecule has 0 radical (unpaired) electrons. The van der Waals surface area contributed by atoms with Gasteiger partial charge < -0.3 is 15.0 Å². The van der Waals surface area contributed by atoms with Crippen molar-refractivity contribution < 1.29 is 14.3 Å². The first-order chi connectivity index (χ1) is 17.2. The van der Waals surface area contributed by atoms with Crippen molar-refractivity contribution in [1.29, 1.82) is 0 Å². The Morgan fingerprint density at radius 2 is 1.83 bits per heavy atom. The molecule has 2 amide bonds. The number of benzene rings is 3. The lowest BCUT2D eigenvalue weighted by molar-refractivity contribution is 0.0224. The van der Waals surface area contributed by atoms with Crippen LogP contribution in [0, 0.1) is 0 Å². The van der Waals surface area contributed by atoms with Crippen LogP contribution in [-0.4, -0.2) is 38.8 Å². The van der Waals surface area contributed by atoms with Gasteiger partial charge in [-0.2, -0.15) is 5.10 Å². The monoisotopic (exact) mass is 482 g/mol. The van der Waals surface area contributed by atoms with Crippen LogP contribution < -0.4 is 5.32 Å². The predicted molar refractivity (Wildman–Crippen MR) is 140 cm³/mol. The molecule has 184 valence electrons. The summed E-state index contributed by atoms with van der Waals surface area (Å²) in [5.74, 6) is -0.203. The number of rotatable bonds is 4. The largest absolute Gasteiger partial charge is 0.444 e. The highest BCUT2D eigenvalue weighted by molar-refractivity contribution is 6.04. The fourth-order valence-corrected chi connectivity index (χ4v) is 4.49. The molecule has 36 heavy (non-hydrogen) atoms. The second-order valence-electron chi connectivity index (χ2n) is 10.2.